The minimum absolute atomic E-state index is 0.231. The number of imide groups is 1. The molecule has 0 radical (unpaired) electrons. The van der Waals surface area contributed by atoms with Crippen LogP contribution in [0.2, 0.25) is 10.0 Å². The van der Waals surface area contributed by atoms with E-state index in [4.69, 9.17) is 27.9 Å². The lowest BCUT2D eigenvalue weighted by atomic mass is 10.2. The van der Waals surface area contributed by atoms with Crippen LogP contribution in [0.15, 0.2) is 30.9 Å². The lowest BCUT2D eigenvalue weighted by Crippen LogP contribution is -2.41. The summed E-state index contributed by atoms with van der Waals surface area (Å²) in [6.45, 7) is 5.12. The highest BCUT2D eigenvalue weighted by Gasteiger charge is 2.15. The third kappa shape index (κ3) is 4.37. The standard InChI is InChI=1S/C16H15Cl2N3O3/c1-3-6-19-16(23)21-13(22)8-24-15-12(18)7-11(17)10-5-4-9(2)20-14(10)15/h3-5,7H,1,6,8H2,2H3,(H2,19,21,22,23). The number of urea groups is 1. The van der Waals surface area contributed by atoms with E-state index in [9.17, 15) is 9.59 Å². The molecular formula is C16H15Cl2N3O3. The topological polar surface area (TPSA) is 80.3 Å². The van der Waals surface area contributed by atoms with Crippen molar-refractivity contribution in [2.45, 2.75) is 6.92 Å². The molecule has 24 heavy (non-hydrogen) atoms. The number of hydrogen-bond acceptors (Lipinski definition) is 4. The SMILES string of the molecule is C=CCNC(=O)NC(=O)COc1c(Cl)cc(Cl)c2ccc(C)nc12. The Morgan fingerprint density at radius 2 is 2.08 bits per heavy atom. The van der Waals surface area contributed by atoms with Crippen molar-refractivity contribution in [2.75, 3.05) is 13.2 Å². The Balaban J connectivity index is 2.15. The Morgan fingerprint density at radius 3 is 2.79 bits per heavy atom. The number of benzene rings is 1. The number of aryl methyl sites for hydroxylation is 1. The molecule has 2 N–H and O–H groups in total. The van der Waals surface area contributed by atoms with Crippen molar-refractivity contribution in [1.82, 2.24) is 15.6 Å². The van der Waals surface area contributed by atoms with Crippen LogP contribution in [0.3, 0.4) is 0 Å². The van der Waals surface area contributed by atoms with Gasteiger partial charge in [-0.1, -0.05) is 29.3 Å². The first kappa shape index (κ1) is 18.0. The zero-order valence-corrected chi connectivity index (χ0v) is 14.4. The summed E-state index contributed by atoms with van der Waals surface area (Å²) in [5.74, 6) is -0.384. The minimum atomic E-state index is -0.635. The fraction of sp³-hybridized carbons (Fsp3) is 0.188. The molecule has 2 rings (SSSR count). The van der Waals surface area contributed by atoms with E-state index < -0.39 is 18.5 Å². The average molecular weight is 368 g/mol. The van der Waals surface area contributed by atoms with Gasteiger partial charge >= 0.3 is 6.03 Å². The summed E-state index contributed by atoms with van der Waals surface area (Å²) >= 11 is 12.3. The number of nitrogens with zero attached hydrogens (tertiary/aromatic N) is 1. The number of aromatic nitrogens is 1. The molecule has 0 spiro atoms. The van der Waals surface area contributed by atoms with Crippen LogP contribution in [0, 0.1) is 6.92 Å². The second-order valence-electron chi connectivity index (χ2n) is 4.85. The summed E-state index contributed by atoms with van der Waals surface area (Å²) in [7, 11) is 0. The summed E-state index contributed by atoms with van der Waals surface area (Å²) in [6.07, 6.45) is 1.49. The third-order valence-electron chi connectivity index (χ3n) is 2.98. The smallest absolute Gasteiger partial charge is 0.321 e. The van der Waals surface area contributed by atoms with E-state index in [0.29, 0.717) is 15.9 Å². The molecule has 6 nitrogen and oxygen atoms in total. The van der Waals surface area contributed by atoms with Crippen molar-refractivity contribution >= 4 is 46.0 Å². The molecule has 0 bridgehead atoms. The molecule has 1 aromatic heterocycles. The van der Waals surface area contributed by atoms with Crippen LogP contribution in [0.4, 0.5) is 4.79 Å². The highest BCUT2D eigenvalue weighted by Crippen LogP contribution is 2.37. The van der Waals surface area contributed by atoms with Gasteiger partial charge in [0.25, 0.3) is 5.91 Å². The van der Waals surface area contributed by atoms with Gasteiger partial charge in [0.15, 0.2) is 12.4 Å². The van der Waals surface area contributed by atoms with E-state index >= 15 is 0 Å². The monoisotopic (exact) mass is 367 g/mol. The van der Waals surface area contributed by atoms with Crippen LogP contribution in [0.25, 0.3) is 10.9 Å². The molecule has 8 heteroatoms. The average Bonchev–Trinajstić information content (AvgIpc) is 2.52. The third-order valence-corrected chi connectivity index (χ3v) is 3.58. The molecule has 0 fully saturated rings. The van der Waals surface area contributed by atoms with E-state index in [0.717, 1.165) is 5.69 Å². The predicted molar refractivity (Wildman–Crippen MR) is 93.7 cm³/mol. The first-order valence-electron chi connectivity index (χ1n) is 6.99. The fourth-order valence-corrected chi connectivity index (χ4v) is 2.51. The highest BCUT2D eigenvalue weighted by atomic mass is 35.5. The molecule has 1 aromatic carbocycles. The minimum Gasteiger partial charge on any atom is -0.480 e. The van der Waals surface area contributed by atoms with Gasteiger partial charge in [-0.2, -0.15) is 0 Å². The number of carbonyl (C=O) groups excluding carboxylic acids is 2. The summed E-state index contributed by atoms with van der Waals surface area (Å²) in [5, 5.41) is 5.86. The summed E-state index contributed by atoms with van der Waals surface area (Å²) in [5.41, 5.74) is 1.20. The van der Waals surface area contributed by atoms with Gasteiger partial charge in [0.1, 0.15) is 5.52 Å². The lowest BCUT2D eigenvalue weighted by Gasteiger charge is -2.12. The Hall–Kier alpha value is -2.31. The van der Waals surface area contributed by atoms with Gasteiger partial charge in [-0.3, -0.25) is 10.1 Å². The molecule has 0 aliphatic heterocycles. The van der Waals surface area contributed by atoms with Crippen LogP contribution >= 0.6 is 23.2 Å². The number of carbonyl (C=O) groups is 2. The molecule has 0 saturated carbocycles. The molecule has 0 aliphatic rings. The Bertz CT molecular complexity index is 809. The molecular weight excluding hydrogens is 353 g/mol. The maximum absolute atomic E-state index is 11.8. The summed E-state index contributed by atoms with van der Waals surface area (Å²) in [4.78, 5) is 27.5. The number of hydrogen-bond donors (Lipinski definition) is 2. The Morgan fingerprint density at radius 1 is 1.33 bits per heavy atom. The van der Waals surface area contributed by atoms with Crippen molar-refractivity contribution < 1.29 is 14.3 Å². The first-order valence-corrected chi connectivity index (χ1v) is 7.74. The van der Waals surface area contributed by atoms with E-state index in [-0.39, 0.29) is 17.3 Å². The van der Waals surface area contributed by atoms with Crippen LogP contribution in [-0.4, -0.2) is 30.1 Å². The largest absolute Gasteiger partial charge is 0.480 e. The highest BCUT2D eigenvalue weighted by molar-refractivity contribution is 6.39. The summed E-state index contributed by atoms with van der Waals surface area (Å²) < 4.78 is 5.46. The first-order chi connectivity index (χ1) is 11.4. The van der Waals surface area contributed by atoms with Crippen molar-refractivity contribution in [3.05, 3.63) is 46.6 Å². The number of pyridine rings is 1. The van der Waals surface area contributed by atoms with Crippen LogP contribution < -0.4 is 15.4 Å². The van der Waals surface area contributed by atoms with Gasteiger partial charge in [-0.15, -0.1) is 6.58 Å². The second-order valence-corrected chi connectivity index (χ2v) is 5.67. The predicted octanol–water partition coefficient (Wildman–Crippen LogP) is 3.24. The zero-order chi connectivity index (χ0) is 17.7. The van der Waals surface area contributed by atoms with Crippen molar-refractivity contribution in [1.29, 1.82) is 0 Å². The normalized spacial score (nSPS) is 10.3. The number of nitrogens with one attached hydrogen (secondary N) is 2. The van der Waals surface area contributed by atoms with E-state index in [1.54, 1.807) is 6.07 Å². The molecule has 1 heterocycles. The van der Waals surface area contributed by atoms with E-state index in [1.807, 2.05) is 13.0 Å². The van der Waals surface area contributed by atoms with E-state index in [2.05, 4.69) is 22.2 Å². The quantitative estimate of drug-likeness (QED) is 0.794. The van der Waals surface area contributed by atoms with Gasteiger partial charge < -0.3 is 10.1 Å². The van der Waals surface area contributed by atoms with Crippen molar-refractivity contribution in [2.24, 2.45) is 0 Å². The fourth-order valence-electron chi connectivity index (χ4n) is 1.94. The summed E-state index contributed by atoms with van der Waals surface area (Å²) in [6, 6.07) is 4.49. The van der Waals surface area contributed by atoms with E-state index in [1.165, 1.54) is 12.1 Å². The number of fused-ring (bicyclic) bond motifs is 1. The molecule has 3 amide bonds. The molecule has 126 valence electrons. The number of ether oxygens (including phenoxy) is 1. The van der Waals surface area contributed by atoms with Crippen LogP contribution in [0.5, 0.6) is 5.75 Å². The molecule has 0 aliphatic carbocycles. The Kier molecular flexibility index (Phi) is 6.00. The number of rotatable bonds is 5. The maximum Gasteiger partial charge on any atom is 0.321 e. The number of halogens is 2. The second kappa shape index (κ2) is 7.99. The van der Waals surface area contributed by atoms with Gasteiger partial charge in [0.05, 0.1) is 10.0 Å². The van der Waals surface area contributed by atoms with Crippen molar-refractivity contribution in [3.8, 4) is 5.75 Å². The molecule has 0 saturated heterocycles. The van der Waals surface area contributed by atoms with Gasteiger partial charge in [0.2, 0.25) is 0 Å². The molecule has 0 atom stereocenters. The Labute approximate surface area is 148 Å². The van der Waals surface area contributed by atoms with Gasteiger partial charge in [-0.05, 0) is 25.1 Å². The van der Waals surface area contributed by atoms with Gasteiger partial charge in [-0.25, -0.2) is 9.78 Å². The van der Waals surface area contributed by atoms with Crippen molar-refractivity contribution in [3.63, 3.8) is 0 Å². The van der Waals surface area contributed by atoms with Crippen LogP contribution in [0.1, 0.15) is 5.69 Å². The molecule has 2 aromatic rings. The van der Waals surface area contributed by atoms with Gasteiger partial charge in [0, 0.05) is 17.6 Å². The molecule has 0 unspecified atom stereocenters. The maximum atomic E-state index is 11.8. The van der Waals surface area contributed by atoms with Crippen LogP contribution in [-0.2, 0) is 4.79 Å². The lowest BCUT2D eigenvalue weighted by molar-refractivity contribution is -0.121. The number of amides is 3. The zero-order valence-electron chi connectivity index (χ0n) is 12.9.